The fourth-order valence-corrected chi connectivity index (χ4v) is 3.76. The molecule has 0 unspecified atom stereocenters. The summed E-state index contributed by atoms with van der Waals surface area (Å²) in [6.45, 7) is -0.416. The van der Waals surface area contributed by atoms with Crippen molar-refractivity contribution in [2.75, 3.05) is 11.9 Å². The molecule has 0 saturated heterocycles. The molecule has 0 aliphatic rings. The van der Waals surface area contributed by atoms with Gasteiger partial charge in [-0.15, -0.1) is 0 Å². The van der Waals surface area contributed by atoms with E-state index in [1.807, 2.05) is 6.07 Å². The van der Waals surface area contributed by atoms with E-state index in [0.717, 1.165) is 0 Å². The summed E-state index contributed by atoms with van der Waals surface area (Å²) in [4.78, 5) is 11.9. The lowest BCUT2D eigenvalue weighted by Gasteiger charge is -2.09. The number of hydrogen-bond acceptors (Lipinski definition) is 4. The highest BCUT2D eigenvalue weighted by molar-refractivity contribution is 9.10. The Morgan fingerprint density at radius 2 is 1.91 bits per heavy atom. The van der Waals surface area contributed by atoms with Gasteiger partial charge in [0.2, 0.25) is 15.9 Å². The van der Waals surface area contributed by atoms with Crippen LogP contribution in [0.1, 0.15) is 5.56 Å². The van der Waals surface area contributed by atoms with Crippen molar-refractivity contribution in [2.45, 2.75) is 4.90 Å². The molecule has 0 aromatic heterocycles. The molecule has 0 aliphatic carbocycles. The molecule has 0 atom stereocenters. The molecule has 1 amide bonds. The van der Waals surface area contributed by atoms with E-state index in [0.29, 0.717) is 15.7 Å². The van der Waals surface area contributed by atoms with Gasteiger partial charge in [-0.25, -0.2) is 13.1 Å². The van der Waals surface area contributed by atoms with Crippen LogP contribution in [0.3, 0.4) is 0 Å². The van der Waals surface area contributed by atoms with Crippen LogP contribution in [0.15, 0.2) is 57.9 Å². The lowest BCUT2D eigenvalue weighted by Crippen LogP contribution is -2.33. The van der Waals surface area contributed by atoms with E-state index in [1.165, 1.54) is 12.1 Å². The zero-order chi connectivity index (χ0) is 16.9. The molecule has 23 heavy (non-hydrogen) atoms. The van der Waals surface area contributed by atoms with Crippen LogP contribution < -0.4 is 10.0 Å². The number of rotatable bonds is 5. The average molecular weight is 394 g/mol. The van der Waals surface area contributed by atoms with E-state index in [4.69, 9.17) is 5.26 Å². The monoisotopic (exact) mass is 393 g/mol. The van der Waals surface area contributed by atoms with E-state index in [2.05, 4.69) is 26.0 Å². The first-order chi connectivity index (χ1) is 10.9. The van der Waals surface area contributed by atoms with Crippen molar-refractivity contribution >= 4 is 37.5 Å². The molecule has 2 aromatic carbocycles. The van der Waals surface area contributed by atoms with Crippen LogP contribution in [0, 0.1) is 11.3 Å². The minimum atomic E-state index is -3.80. The maximum atomic E-state index is 12.1. The molecule has 0 saturated carbocycles. The second-order valence-corrected chi connectivity index (χ2v) is 7.09. The van der Waals surface area contributed by atoms with Gasteiger partial charge in [0.15, 0.2) is 0 Å². The molecule has 0 heterocycles. The van der Waals surface area contributed by atoms with Crippen LogP contribution in [0.4, 0.5) is 5.69 Å². The lowest BCUT2D eigenvalue weighted by atomic mass is 10.2. The van der Waals surface area contributed by atoms with Crippen molar-refractivity contribution < 1.29 is 13.2 Å². The number of halogens is 1. The molecule has 2 aromatic rings. The van der Waals surface area contributed by atoms with Gasteiger partial charge < -0.3 is 5.32 Å². The first kappa shape index (κ1) is 17.1. The van der Waals surface area contributed by atoms with Gasteiger partial charge in [-0.2, -0.15) is 5.26 Å². The number of nitrogens with one attached hydrogen (secondary N) is 2. The third-order valence-corrected chi connectivity index (χ3v) is 5.24. The van der Waals surface area contributed by atoms with Gasteiger partial charge in [0.05, 0.1) is 23.1 Å². The van der Waals surface area contributed by atoms with Crippen molar-refractivity contribution in [3.05, 3.63) is 58.6 Å². The molecule has 2 rings (SSSR count). The van der Waals surface area contributed by atoms with Crippen LogP contribution >= 0.6 is 15.9 Å². The van der Waals surface area contributed by atoms with Gasteiger partial charge in [0.1, 0.15) is 0 Å². The summed E-state index contributed by atoms with van der Waals surface area (Å²) >= 11 is 3.16. The topological polar surface area (TPSA) is 99.1 Å². The van der Waals surface area contributed by atoms with E-state index in [-0.39, 0.29) is 4.90 Å². The number of carbonyl (C=O) groups excluding carboxylic acids is 1. The smallest absolute Gasteiger partial charge is 0.242 e. The highest BCUT2D eigenvalue weighted by atomic mass is 79.9. The highest BCUT2D eigenvalue weighted by Crippen LogP contribution is 2.20. The fraction of sp³-hybridized carbons (Fsp3) is 0.0667. The second-order valence-electron chi connectivity index (χ2n) is 4.50. The second kappa shape index (κ2) is 7.37. The lowest BCUT2D eigenvalue weighted by molar-refractivity contribution is -0.115. The Hall–Kier alpha value is -2.21. The number of amides is 1. The molecule has 0 spiro atoms. The van der Waals surface area contributed by atoms with E-state index in [9.17, 15) is 13.2 Å². The van der Waals surface area contributed by atoms with Crippen LogP contribution in [0.5, 0.6) is 0 Å². The Kier molecular flexibility index (Phi) is 5.50. The van der Waals surface area contributed by atoms with Gasteiger partial charge in [-0.3, -0.25) is 4.79 Å². The third-order valence-electron chi connectivity index (χ3n) is 2.82. The first-order valence-electron chi connectivity index (χ1n) is 6.46. The van der Waals surface area contributed by atoms with E-state index >= 15 is 0 Å². The van der Waals surface area contributed by atoms with Gasteiger partial charge in [0.25, 0.3) is 0 Å². The SMILES string of the molecule is N#Cc1cccc(NC(=O)CNS(=O)(=O)c2ccccc2Br)c1. The maximum absolute atomic E-state index is 12.1. The standard InChI is InChI=1S/C15H12BrN3O3S/c16-13-6-1-2-7-14(13)23(21,22)18-10-15(20)19-12-5-3-4-11(8-12)9-17/h1-8,18H,10H2,(H,19,20). The van der Waals surface area contributed by atoms with Crippen molar-refractivity contribution in [3.63, 3.8) is 0 Å². The molecule has 0 bridgehead atoms. The molecule has 0 fully saturated rings. The Bertz CT molecular complexity index is 876. The Balaban J connectivity index is 2.01. The van der Waals surface area contributed by atoms with Crippen molar-refractivity contribution in [1.29, 1.82) is 5.26 Å². The van der Waals surface area contributed by atoms with Gasteiger partial charge >= 0.3 is 0 Å². The highest BCUT2D eigenvalue weighted by Gasteiger charge is 2.18. The zero-order valence-electron chi connectivity index (χ0n) is 11.8. The molecule has 2 N–H and O–H groups in total. The van der Waals surface area contributed by atoms with Crippen LogP contribution in [0.25, 0.3) is 0 Å². The first-order valence-corrected chi connectivity index (χ1v) is 8.74. The summed E-state index contributed by atoms with van der Waals surface area (Å²) < 4.78 is 26.9. The molecule has 0 aliphatic heterocycles. The number of benzene rings is 2. The Morgan fingerprint density at radius 3 is 2.61 bits per heavy atom. The minimum Gasteiger partial charge on any atom is -0.325 e. The van der Waals surface area contributed by atoms with Gasteiger partial charge in [-0.1, -0.05) is 18.2 Å². The molecule has 8 heteroatoms. The van der Waals surface area contributed by atoms with Crippen LogP contribution in [0.2, 0.25) is 0 Å². The number of anilines is 1. The van der Waals surface area contributed by atoms with Crippen molar-refractivity contribution in [3.8, 4) is 6.07 Å². The Morgan fingerprint density at radius 1 is 1.17 bits per heavy atom. The summed E-state index contributed by atoms with van der Waals surface area (Å²) in [7, 11) is -3.80. The van der Waals surface area contributed by atoms with Crippen molar-refractivity contribution in [1.82, 2.24) is 4.72 Å². The Labute approximate surface area is 142 Å². The molecule has 118 valence electrons. The minimum absolute atomic E-state index is 0.0549. The number of nitrogens with zero attached hydrogens (tertiary/aromatic N) is 1. The summed E-state index contributed by atoms with van der Waals surface area (Å²) in [6.07, 6.45) is 0. The predicted octanol–water partition coefficient (Wildman–Crippen LogP) is 2.24. The predicted molar refractivity (Wildman–Crippen MR) is 89.1 cm³/mol. The summed E-state index contributed by atoms with van der Waals surface area (Å²) in [6, 6.07) is 14.6. The average Bonchev–Trinajstić information content (AvgIpc) is 2.53. The van der Waals surface area contributed by atoms with E-state index in [1.54, 1.807) is 36.4 Å². The number of hydrogen-bond donors (Lipinski definition) is 2. The quantitative estimate of drug-likeness (QED) is 0.813. The third kappa shape index (κ3) is 4.63. The van der Waals surface area contributed by atoms with Gasteiger partial charge in [-0.05, 0) is 46.3 Å². The molecular formula is C15H12BrN3O3S. The molecular weight excluding hydrogens is 382 g/mol. The van der Waals surface area contributed by atoms with E-state index < -0.39 is 22.5 Å². The largest absolute Gasteiger partial charge is 0.325 e. The number of sulfonamides is 1. The van der Waals surface area contributed by atoms with Crippen molar-refractivity contribution in [2.24, 2.45) is 0 Å². The number of nitriles is 1. The summed E-state index contributed by atoms with van der Waals surface area (Å²) in [5.74, 6) is -0.532. The number of carbonyl (C=O) groups is 1. The van der Waals surface area contributed by atoms with Crippen LogP contribution in [-0.4, -0.2) is 20.9 Å². The summed E-state index contributed by atoms with van der Waals surface area (Å²) in [5, 5.41) is 11.3. The maximum Gasteiger partial charge on any atom is 0.242 e. The van der Waals surface area contributed by atoms with Gasteiger partial charge in [0, 0.05) is 10.2 Å². The van der Waals surface area contributed by atoms with Crippen LogP contribution in [-0.2, 0) is 14.8 Å². The summed E-state index contributed by atoms with van der Waals surface area (Å²) in [5.41, 5.74) is 0.825. The molecule has 6 nitrogen and oxygen atoms in total. The molecule has 0 radical (unpaired) electrons. The zero-order valence-corrected chi connectivity index (χ0v) is 14.2. The fourth-order valence-electron chi connectivity index (χ4n) is 1.77. The normalized spacial score (nSPS) is 10.8.